The van der Waals surface area contributed by atoms with Crippen molar-refractivity contribution in [2.45, 2.75) is 182 Å². The third-order valence-corrected chi connectivity index (χ3v) is 16.4. The fourth-order valence-corrected chi connectivity index (χ4v) is 12.4. The summed E-state index contributed by atoms with van der Waals surface area (Å²) in [5.41, 5.74) is -0.677. The Kier molecular flexibility index (Phi) is 23.9. The van der Waals surface area contributed by atoms with Crippen LogP contribution in [0.3, 0.4) is 0 Å². The number of benzene rings is 3. The normalized spacial score (nSPS) is 21.5. The molecule has 0 N–H and O–H groups in total. The van der Waals surface area contributed by atoms with Crippen LogP contribution in [0.5, 0.6) is 0 Å². The smallest absolute Gasteiger partial charge is 0.312 e. The van der Waals surface area contributed by atoms with E-state index in [-0.39, 0.29) is 34.5 Å². The van der Waals surface area contributed by atoms with Crippen molar-refractivity contribution < 1.29 is 37.4 Å². The number of ether oxygens (including phenoxy) is 3. The third kappa shape index (κ3) is 18.7. The predicted molar refractivity (Wildman–Crippen MR) is 266 cm³/mol. The maximum absolute atomic E-state index is 13.2. The van der Waals surface area contributed by atoms with Gasteiger partial charge < -0.3 is 14.2 Å². The molecule has 3 unspecified atom stereocenters. The Hall–Kier alpha value is -3.60. The van der Waals surface area contributed by atoms with Gasteiger partial charge in [-0.1, -0.05) is 151 Å². The van der Waals surface area contributed by atoms with Gasteiger partial charge in [-0.05, 0) is 87.8 Å². The fourth-order valence-electron chi connectivity index (χ4n) is 10.3. The van der Waals surface area contributed by atoms with E-state index in [1.165, 1.54) is 105 Å². The molecule has 5 aliphatic rings. The summed E-state index contributed by atoms with van der Waals surface area (Å²) in [6.45, 7) is 9.14. The van der Waals surface area contributed by atoms with Gasteiger partial charge in [0.1, 0.15) is 12.4 Å². The zero-order chi connectivity index (χ0) is 47.7. The van der Waals surface area contributed by atoms with Crippen LogP contribution in [0.15, 0.2) is 106 Å². The standard InChI is InChI=1S/C24H47NO3.C18H15S.C15H20F2O3/c1-2-3-4-5-6-7-8-9-10-11-12-13-14-15-16-17-24(26)28-23-20-25-18-21-27-22-19-25;1-4-10-16(11-5-1)19(17-12-6-2-7-13-17)18-14-8-3-9-15-18;1-8(14(2,16)17)20-13(19)15-5-9-3-10(6-15)12(18)11(4-9)7-15/h2-23H2,1H3;1-15H;8-11H,3-7H2,1-2H3/q;+1;. The van der Waals surface area contributed by atoms with Gasteiger partial charge in [-0.15, -0.1) is 0 Å². The Morgan fingerprint density at radius 2 is 1.13 bits per heavy atom. The molecule has 1 saturated heterocycles. The second kappa shape index (κ2) is 29.4. The number of hydrogen-bond donors (Lipinski definition) is 0. The number of morpholine rings is 1. The van der Waals surface area contributed by atoms with E-state index in [0.717, 1.165) is 65.5 Å². The summed E-state index contributed by atoms with van der Waals surface area (Å²) >= 11 is 0. The van der Waals surface area contributed by atoms with Gasteiger partial charge in [-0.2, -0.15) is 0 Å². The van der Waals surface area contributed by atoms with Gasteiger partial charge >= 0.3 is 11.9 Å². The van der Waals surface area contributed by atoms with Crippen molar-refractivity contribution in [1.29, 1.82) is 0 Å². The highest BCUT2D eigenvalue weighted by Gasteiger charge is 2.59. The molecule has 8 rings (SSSR count). The molecule has 4 bridgehead atoms. The molecular weight excluding hydrogens is 865 g/mol. The number of nitrogens with zero attached hydrogens (tertiary/aromatic N) is 1. The number of unbranched alkanes of at least 4 members (excludes halogenated alkanes) is 14. The summed E-state index contributed by atoms with van der Waals surface area (Å²) in [5, 5.41) is 0. The Labute approximate surface area is 405 Å². The van der Waals surface area contributed by atoms with Gasteiger partial charge in [0, 0.05) is 44.8 Å². The van der Waals surface area contributed by atoms with Crippen molar-refractivity contribution in [3.63, 3.8) is 0 Å². The summed E-state index contributed by atoms with van der Waals surface area (Å²) in [6, 6.07) is 32.2. The van der Waals surface area contributed by atoms with E-state index in [9.17, 15) is 23.2 Å². The first-order valence-electron chi connectivity index (χ1n) is 26.0. The number of rotatable bonds is 25. The number of esters is 2. The molecule has 5 fully saturated rings. The number of Topliss-reactive ketones (excluding diaryl/α,β-unsaturated/α-hetero) is 1. The largest absolute Gasteiger partial charge is 0.464 e. The van der Waals surface area contributed by atoms with Gasteiger partial charge in [0.25, 0.3) is 5.92 Å². The minimum absolute atomic E-state index is 0.0146. The fraction of sp³-hybridized carbons (Fsp3) is 0.632. The van der Waals surface area contributed by atoms with Crippen LogP contribution < -0.4 is 0 Å². The Balaban J connectivity index is 0.000000192. The molecule has 67 heavy (non-hydrogen) atoms. The highest BCUT2D eigenvalue weighted by molar-refractivity contribution is 7.97. The minimum Gasteiger partial charge on any atom is -0.464 e. The van der Waals surface area contributed by atoms with E-state index in [1.807, 2.05) is 0 Å². The molecule has 0 radical (unpaired) electrons. The van der Waals surface area contributed by atoms with E-state index in [4.69, 9.17) is 14.2 Å². The van der Waals surface area contributed by atoms with Crippen molar-refractivity contribution in [3.05, 3.63) is 91.0 Å². The third-order valence-electron chi connectivity index (χ3n) is 14.1. The van der Waals surface area contributed by atoms with Crippen molar-refractivity contribution in [1.82, 2.24) is 4.90 Å². The number of alkyl halides is 2. The Bertz CT molecular complexity index is 1730. The van der Waals surface area contributed by atoms with Crippen molar-refractivity contribution >= 4 is 28.6 Å². The second-order valence-corrected chi connectivity index (χ2v) is 21.7. The molecule has 1 heterocycles. The van der Waals surface area contributed by atoms with Crippen LogP contribution >= 0.6 is 0 Å². The molecule has 3 aromatic carbocycles. The predicted octanol–water partition coefficient (Wildman–Crippen LogP) is 13.9. The summed E-state index contributed by atoms with van der Waals surface area (Å²) in [7, 11) is -0.0146. The quantitative estimate of drug-likeness (QED) is 0.0475. The number of carbonyl (C=O) groups is 3. The summed E-state index contributed by atoms with van der Waals surface area (Å²) in [4.78, 5) is 42.6. The first-order valence-corrected chi connectivity index (χ1v) is 27.2. The molecule has 10 heteroatoms. The highest BCUT2D eigenvalue weighted by Crippen LogP contribution is 2.59. The number of halogens is 2. The number of hydrogen-bond acceptors (Lipinski definition) is 7. The van der Waals surface area contributed by atoms with Crippen LogP contribution in [-0.2, 0) is 39.5 Å². The summed E-state index contributed by atoms with van der Waals surface area (Å²) in [6.07, 6.45) is 22.8. The number of carbonyl (C=O) groups excluding carboxylic acids is 3. The maximum atomic E-state index is 13.2. The molecule has 0 amide bonds. The average Bonchev–Trinajstić information content (AvgIpc) is 3.33. The van der Waals surface area contributed by atoms with Crippen LogP contribution in [0.2, 0.25) is 0 Å². The lowest BCUT2D eigenvalue weighted by Gasteiger charge is -2.54. The van der Waals surface area contributed by atoms with E-state index >= 15 is 0 Å². The van der Waals surface area contributed by atoms with Gasteiger partial charge in [-0.3, -0.25) is 19.3 Å². The first kappa shape index (κ1) is 54.3. The molecule has 3 aromatic rings. The van der Waals surface area contributed by atoms with Crippen molar-refractivity contribution in [3.8, 4) is 0 Å². The zero-order valence-electron chi connectivity index (χ0n) is 41.1. The Morgan fingerprint density at radius 1 is 0.701 bits per heavy atom. The highest BCUT2D eigenvalue weighted by atomic mass is 32.2. The van der Waals surface area contributed by atoms with Crippen LogP contribution in [0.4, 0.5) is 8.78 Å². The molecule has 0 aromatic heterocycles. The average molecular weight is 947 g/mol. The van der Waals surface area contributed by atoms with E-state index in [0.29, 0.717) is 38.2 Å². The van der Waals surface area contributed by atoms with Crippen molar-refractivity contribution in [2.75, 3.05) is 39.5 Å². The SMILES string of the molecule is CC(OC(=O)C12CC3CC(C1)C(=O)C(C3)C2)C(C)(F)F.CCCCCCCCCCCCCCCCCC(=O)OCCN1CCOCC1.c1ccc([S+](c2ccccc2)c2ccccc2)cc1. The van der Waals surface area contributed by atoms with E-state index < -0.39 is 23.4 Å². The lowest BCUT2D eigenvalue weighted by Crippen LogP contribution is -2.55. The van der Waals surface area contributed by atoms with Gasteiger partial charge in [-0.25, -0.2) is 8.78 Å². The molecular formula is C57H82F2NO6S+. The topological polar surface area (TPSA) is 82.1 Å². The number of ketones is 1. The van der Waals surface area contributed by atoms with Crippen LogP contribution in [0, 0.1) is 23.2 Å². The second-order valence-electron chi connectivity index (χ2n) is 19.6. The maximum Gasteiger partial charge on any atom is 0.312 e. The van der Waals surface area contributed by atoms with Gasteiger partial charge in [0.05, 0.1) is 29.5 Å². The molecule has 4 aliphatic carbocycles. The molecule has 0 spiro atoms. The van der Waals surface area contributed by atoms with Crippen LogP contribution in [-0.4, -0.2) is 74.1 Å². The van der Waals surface area contributed by atoms with Gasteiger partial charge in [0.15, 0.2) is 20.8 Å². The summed E-state index contributed by atoms with van der Waals surface area (Å²) < 4.78 is 42.0. The zero-order valence-corrected chi connectivity index (χ0v) is 41.9. The van der Waals surface area contributed by atoms with Gasteiger partial charge in [0.2, 0.25) is 0 Å². The van der Waals surface area contributed by atoms with Crippen LogP contribution in [0.1, 0.15) is 156 Å². The lowest BCUT2D eigenvalue weighted by atomic mass is 9.49. The van der Waals surface area contributed by atoms with E-state index in [1.54, 1.807) is 0 Å². The van der Waals surface area contributed by atoms with Crippen molar-refractivity contribution in [2.24, 2.45) is 23.2 Å². The molecule has 4 saturated carbocycles. The minimum atomic E-state index is -3.03. The Morgan fingerprint density at radius 3 is 1.57 bits per heavy atom. The lowest BCUT2D eigenvalue weighted by molar-refractivity contribution is -0.192. The van der Waals surface area contributed by atoms with E-state index in [2.05, 4.69) is 103 Å². The molecule has 7 nitrogen and oxygen atoms in total. The molecule has 370 valence electrons. The monoisotopic (exact) mass is 947 g/mol. The molecule has 1 aliphatic heterocycles. The summed E-state index contributed by atoms with van der Waals surface area (Å²) in [5.74, 6) is -3.01. The van der Waals surface area contributed by atoms with Crippen LogP contribution in [0.25, 0.3) is 0 Å². The first-order chi connectivity index (χ1) is 32.5. The molecule has 3 atom stereocenters.